The topological polar surface area (TPSA) is 38.1 Å². The lowest BCUT2D eigenvalue weighted by atomic mass is 10.1. The van der Waals surface area contributed by atoms with E-state index in [0.717, 1.165) is 54.6 Å². The summed E-state index contributed by atoms with van der Waals surface area (Å²) in [7, 11) is 0. The molecule has 0 N–H and O–H groups in total. The lowest BCUT2D eigenvalue weighted by Crippen LogP contribution is -2.33. The first kappa shape index (κ1) is 17.2. The fourth-order valence-corrected chi connectivity index (χ4v) is 4.07. The van der Waals surface area contributed by atoms with Crippen LogP contribution in [0.2, 0.25) is 0 Å². The molecule has 0 atom stereocenters. The molecule has 0 radical (unpaired) electrons. The molecule has 1 aromatic heterocycles. The number of carbonyl (C=O) groups is 1. The first-order valence-electron chi connectivity index (χ1n) is 9.92. The Kier molecular flexibility index (Phi) is 4.23. The number of aromatic nitrogens is 2. The monoisotopic (exact) mass is 375 g/mol. The molecule has 0 aliphatic heterocycles. The van der Waals surface area contributed by atoms with Gasteiger partial charge in [0.15, 0.2) is 5.69 Å². The maximum Gasteiger partial charge on any atom is 0.275 e. The van der Waals surface area contributed by atoms with Gasteiger partial charge in [0.1, 0.15) is 5.82 Å². The average molecular weight is 375 g/mol. The van der Waals surface area contributed by atoms with Crippen molar-refractivity contribution in [2.45, 2.75) is 44.7 Å². The number of carbonyl (C=O) groups excluding carboxylic acids is 1. The number of hydrogen-bond acceptors (Lipinski definition) is 2. The van der Waals surface area contributed by atoms with Crippen molar-refractivity contribution >= 4 is 5.91 Å². The molecule has 1 fully saturated rings. The van der Waals surface area contributed by atoms with Crippen molar-refractivity contribution in [1.29, 1.82) is 0 Å². The molecular formula is C23H22FN3O. The summed E-state index contributed by atoms with van der Waals surface area (Å²) in [4.78, 5) is 15.5. The Morgan fingerprint density at radius 1 is 1.07 bits per heavy atom. The van der Waals surface area contributed by atoms with Crippen LogP contribution < -0.4 is 0 Å². The van der Waals surface area contributed by atoms with Gasteiger partial charge in [0.2, 0.25) is 0 Å². The number of rotatable bonds is 5. The van der Waals surface area contributed by atoms with Gasteiger partial charge in [-0.1, -0.05) is 30.3 Å². The molecule has 2 aliphatic carbocycles. The summed E-state index contributed by atoms with van der Waals surface area (Å²) >= 11 is 0. The predicted molar refractivity (Wildman–Crippen MR) is 105 cm³/mol. The molecule has 3 aromatic rings. The third-order valence-corrected chi connectivity index (χ3v) is 5.65. The SMILES string of the molecule is O=C(c1nn(-c2ccc(F)cc2)c2c1CCC2)N(Cc1ccccc1)C1CC1. The minimum Gasteiger partial charge on any atom is -0.330 e. The normalized spacial score (nSPS) is 15.5. The van der Waals surface area contributed by atoms with Gasteiger partial charge in [0, 0.05) is 23.8 Å². The highest BCUT2D eigenvalue weighted by atomic mass is 19.1. The van der Waals surface area contributed by atoms with Gasteiger partial charge in [-0.2, -0.15) is 5.10 Å². The van der Waals surface area contributed by atoms with Gasteiger partial charge >= 0.3 is 0 Å². The van der Waals surface area contributed by atoms with Crippen molar-refractivity contribution in [2.75, 3.05) is 0 Å². The number of hydrogen-bond donors (Lipinski definition) is 0. The van der Waals surface area contributed by atoms with Crippen LogP contribution in [0.4, 0.5) is 4.39 Å². The number of amides is 1. The Morgan fingerprint density at radius 3 is 2.54 bits per heavy atom. The molecule has 0 spiro atoms. The summed E-state index contributed by atoms with van der Waals surface area (Å²) in [6.07, 6.45) is 4.91. The summed E-state index contributed by atoms with van der Waals surface area (Å²) < 4.78 is 15.2. The quantitative estimate of drug-likeness (QED) is 0.667. The number of fused-ring (bicyclic) bond motifs is 1. The summed E-state index contributed by atoms with van der Waals surface area (Å²) in [5.41, 5.74) is 4.66. The second-order valence-corrected chi connectivity index (χ2v) is 7.67. The van der Waals surface area contributed by atoms with E-state index in [-0.39, 0.29) is 11.7 Å². The van der Waals surface area contributed by atoms with Gasteiger partial charge in [0.25, 0.3) is 5.91 Å². The summed E-state index contributed by atoms with van der Waals surface area (Å²) in [6, 6.07) is 16.7. The highest BCUT2D eigenvalue weighted by molar-refractivity contribution is 5.94. The van der Waals surface area contributed by atoms with Crippen molar-refractivity contribution in [3.8, 4) is 5.69 Å². The van der Waals surface area contributed by atoms with E-state index in [0.29, 0.717) is 18.3 Å². The summed E-state index contributed by atoms with van der Waals surface area (Å²) in [5.74, 6) is -0.253. The van der Waals surface area contributed by atoms with Crippen LogP contribution in [0.3, 0.4) is 0 Å². The number of nitrogens with zero attached hydrogens (tertiary/aromatic N) is 3. The minimum atomic E-state index is -0.272. The molecule has 0 bridgehead atoms. The number of benzene rings is 2. The second kappa shape index (κ2) is 6.89. The maximum atomic E-state index is 13.5. The maximum absolute atomic E-state index is 13.5. The molecule has 0 unspecified atom stereocenters. The fourth-order valence-electron chi connectivity index (χ4n) is 4.07. The molecule has 2 aliphatic rings. The number of halogens is 1. The molecule has 0 saturated heterocycles. The zero-order valence-corrected chi connectivity index (χ0v) is 15.6. The van der Waals surface area contributed by atoms with E-state index < -0.39 is 0 Å². The summed E-state index contributed by atoms with van der Waals surface area (Å²) in [6.45, 7) is 0.614. The minimum absolute atomic E-state index is 0.0189. The van der Waals surface area contributed by atoms with Crippen molar-refractivity contribution in [1.82, 2.24) is 14.7 Å². The molecule has 142 valence electrons. The van der Waals surface area contributed by atoms with Crippen LogP contribution in [-0.4, -0.2) is 26.6 Å². The fraction of sp³-hybridized carbons (Fsp3) is 0.304. The Bertz CT molecular complexity index is 1010. The van der Waals surface area contributed by atoms with E-state index in [9.17, 15) is 9.18 Å². The van der Waals surface area contributed by atoms with Crippen LogP contribution in [-0.2, 0) is 19.4 Å². The molecule has 1 heterocycles. The first-order chi connectivity index (χ1) is 13.7. The standard InChI is InChI=1S/C23H22FN3O/c24-17-9-11-19(12-10-17)27-21-8-4-7-20(21)22(25-27)23(28)26(18-13-14-18)15-16-5-2-1-3-6-16/h1-3,5-6,9-12,18H,4,7-8,13-15H2. The van der Waals surface area contributed by atoms with Crippen LogP contribution >= 0.6 is 0 Å². The van der Waals surface area contributed by atoms with E-state index in [1.54, 1.807) is 12.1 Å². The average Bonchev–Trinajstić information content (AvgIpc) is 3.33. The van der Waals surface area contributed by atoms with Crippen LogP contribution in [0, 0.1) is 5.82 Å². The Morgan fingerprint density at radius 2 is 1.82 bits per heavy atom. The Hall–Kier alpha value is -2.95. The molecule has 5 heteroatoms. The third kappa shape index (κ3) is 3.11. The molecule has 28 heavy (non-hydrogen) atoms. The first-order valence-corrected chi connectivity index (χ1v) is 9.92. The van der Waals surface area contributed by atoms with Crippen molar-refractivity contribution in [2.24, 2.45) is 0 Å². The second-order valence-electron chi connectivity index (χ2n) is 7.67. The highest BCUT2D eigenvalue weighted by Gasteiger charge is 2.36. The lowest BCUT2D eigenvalue weighted by molar-refractivity contribution is 0.0722. The zero-order valence-electron chi connectivity index (χ0n) is 15.6. The predicted octanol–water partition coefficient (Wildman–Crippen LogP) is 4.30. The van der Waals surface area contributed by atoms with Crippen molar-refractivity contribution in [3.63, 3.8) is 0 Å². The van der Waals surface area contributed by atoms with E-state index in [1.807, 2.05) is 27.8 Å². The van der Waals surface area contributed by atoms with E-state index in [2.05, 4.69) is 12.1 Å². The summed E-state index contributed by atoms with van der Waals surface area (Å²) in [5, 5.41) is 4.71. The Balaban J connectivity index is 1.50. The molecular weight excluding hydrogens is 353 g/mol. The van der Waals surface area contributed by atoms with E-state index in [1.165, 1.54) is 12.1 Å². The van der Waals surface area contributed by atoms with Crippen LogP contribution in [0.25, 0.3) is 5.69 Å². The van der Waals surface area contributed by atoms with Crippen LogP contribution in [0.1, 0.15) is 46.6 Å². The largest absolute Gasteiger partial charge is 0.330 e. The lowest BCUT2D eigenvalue weighted by Gasteiger charge is -2.22. The van der Waals surface area contributed by atoms with E-state index in [4.69, 9.17) is 5.10 Å². The Labute approximate surface area is 163 Å². The molecule has 1 amide bonds. The van der Waals surface area contributed by atoms with Gasteiger partial charge in [-0.3, -0.25) is 4.79 Å². The molecule has 1 saturated carbocycles. The smallest absolute Gasteiger partial charge is 0.275 e. The van der Waals surface area contributed by atoms with Gasteiger partial charge < -0.3 is 4.90 Å². The van der Waals surface area contributed by atoms with Crippen LogP contribution in [0.15, 0.2) is 54.6 Å². The zero-order chi connectivity index (χ0) is 19.1. The third-order valence-electron chi connectivity index (χ3n) is 5.65. The van der Waals surface area contributed by atoms with Gasteiger partial charge in [-0.05, 0) is 61.9 Å². The van der Waals surface area contributed by atoms with Gasteiger partial charge in [0.05, 0.1) is 5.69 Å². The molecule has 2 aromatic carbocycles. The van der Waals surface area contributed by atoms with Crippen molar-refractivity contribution < 1.29 is 9.18 Å². The van der Waals surface area contributed by atoms with E-state index >= 15 is 0 Å². The van der Waals surface area contributed by atoms with Crippen LogP contribution in [0.5, 0.6) is 0 Å². The van der Waals surface area contributed by atoms with Gasteiger partial charge in [-0.25, -0.2) is 9.07 Å². The highest BCUT2D eigenvalue weighted by Crippen LogP contribution is 2.33. The van der Waals surface area contributed by atoms with Crippen molar-refractivity contribution in [3.05, 3.63) is 82.9 Å². The molecule has 4 nitrogen and oxygen atoms in total. The molecule has 5 rings (SSSR count). The van der Waals surface area contributed by atoms with Gasteiger partial charge in [-0.15, -0.1) is 0 Å².